The second-order valence-corrected chi connectivity index (χ2v) is 10.8. The van der Waals surface area contributed by atoms with Gasteiger partial charge < -0.3 is 9.42 Å². The number of nitrogens with zero attached hydrogens (tertiary/aromatic N) is 3. The van der Waals surface area contributed by atoms with Crippen LogP contribution in [0.15, 0.2) is 22.7 Å². The molecule has 162 valence electrons. The van der Waals surface area contributed by atoms with Crippen molar-refractivity contribution in [2.75, 3.05) is 18.8 Å². The molecule has 0 bridgehead atoms. The van der Waals surface area contributed by atoms with Crippen LogP contribution in [0.2, 0.25) is 0 Å². The Morgan fingerprint density at radius 2 is 1.97 bits per heavy atom. The molecule has 1 saturated carbocycles. The Hall–Kier alpha value is -2.26. The van der Waals surface area contributed by atoms with E-state index in [1.165, 1.54) is 0 Å². The molecule has 1 unspecified atom stereocenters. The molecule has 0 spiro atoms. The van der Waals surface area contributed by atoms with Crippen LogP contribution < -0.4 is 4.72 Å². The highest BCUT2D eigenvalue weighted by molar-refractivity contribution is 7.89. The van der Waals surface area contributed by atoms with Gasteiger partial charge in [-0.05, 0) is 58.6 Å². The number of carbonyl (C=O) groups is 1. The average Bonchev–Trinajstić information content (AvgIpc) is 3.32. The predicted molar refractivity (Wildman–Crippen MR) is 112 cm³/mol. The molecule has 1 N–H and O–H groups in total. The second-order valence-electron chi connectivity index (χ2n) is 8.72. The molecule has 2 heterocycles. The lowest BCUT2D eigenvalue weighted by atomic mass is 9.80. The van der Waals surface area contributed by atoms with Crippen LogP contribution >= 0.6 is 0 Å². The number of sulfonamides is 1. The van der Waals surface area contributed by atoms with Crippen LogP contribution in [0, 0.1) is 26.7 Å². The fourth-order valence-corrected chi connectivity index (χ4v) is 5.92. The van der Waals surface area contributed by atoms with Gasteiger partial charge in [-0.15, -0.1) is 0 Å². The predicted octanol–water partition coefficient (Wildman–Crippen LogP) is 2.11. The van der Waals surface area contributed by atoms with E-state index < -0.39 is 15.4 Å². The van der Waals surface area contributed by atoms with E-state index in [1.54, 1.807) is 13.8 Å². The van der Waals surface area contributed by atoms with Crippen molar-refractivity contribution in [3.05, 3.63) is 46.6 Å². The number of nitrogens with one attached hydrogen (secondary N) is 1. The summed E-state index contributed by atoms with van der Waals surface area (Å²) in [6.45, 7) is 8.33. The minimum Gasteiger partial charge on any atom is -0.339 e. The first kappa shape index (κ1) is 21.0. The Labute approximate surface area is 177 Å². The largest absolute Gasteiger partial charge is 0.339 e. The average molecular weight is 433 g/mol. The van der Waals surface area contributed by atoms with Gasteiger partial charge in [-0.1, -0.05) is 22.3 Å². The van der Waals surface area contributed by atoms with E-state index in [4.69, 9.17) is 4.52 Å². The molecule has 1 aliphatic heterocycles. The number of hydrogen-bond donors (Lipinski definition) is 1. The van der Waals surface area contributed by atoms with Crippen molar-refractivity contribution >= 4 is 15.9 Å². The van der Waals surface area contributed by atoms with Gasteiger partial charge in [0.1, 0.15) is 0 Å². The van der Waals surface area contributed by atoms with Gasteiger partial charge in [0, 0.05) is 24.7 Å². The van der Waals surface area contributed by atoms with E-state index in [0.29, 0.717) is 43.2 Å². The van der Waals surface area contributed by atoms with Crippen molar-refractivity contribution in [3.63, 3.8) is 0 Å². The molecular weight excluding hydrogens is 404 g/mol. The van der Waals surface area contributed by atoms with E-state index in [0.717, 1.165) is 11.1 Å². The Morgan fingerprint density at radius 1 is 1.27 bits per heavy atom. The molecule has 2 aromatic rings. The van der Waals surface area contributed by atoms with Crippen LogP contribution in [0.1, 0.15) is 53.0 Å². The number of rotatable bonds is 5. The third kappa shape index (κ3) is 3.76. The molecule has 1 aromatic heterocycles. The molecule has 9 heteroatoms. The Bertz CT molecular complexity index is 1060. The fourth-order valence-electron chi connectivity index (χ4n) is 5.06. The molecular formula is C21H28N4O4S. The summed E-state index contributed by atoms with van der Waals surface area (Å²) in [4.78, 5) is 19.6. The zero-order chi connectivity index (χ0) is 21.7. The highest BCUT2D eigenvalue weighted by atomic mass is 32.2. The summed E-state index contributed by atoms with van der Waals surface area (Å²) in [7, 11) is -3.32. The molecule has 4 rings (SSSR count). The molecule has 30 heavy (non-hydrogen) atoms. The lowest BCUT2D eigenvalue weighted by molar-refractivity contribution is 0.0773. The van der Waals surface area contributed by atoms with Gasteiger partial charge in [-0.3, -0.25) is 4.79 Å². The summed E-state index contributed by atoms with van der Waals surface area (Å²) >= 11 is 0. The minimum absolute atomic E-state index is 0.0162. The van der Waals surface area contributed by atoms with Gasteiger partial charge in [-0.2, -0.15) is 4.98 Å². The smallest absolute Gasteiger partial charge is 0.253 e. The van der Waals surface area contributed by atoms with Crippen molar-refractivity contribution < 1.29 is 17.7 Å². The van der Waals surface area contributed by atoms with Gasteiger partial charge in [0.15, 0.2) is 5.82 Å². The third-order valence-corrected chi connectivity index (χ3v) is 7.76. The first-order valence-corrected chi connectivity index (χ1v) is 12.0. The zero-order valence-electron chi connectivity index (χ0n) is 17.8. The Kier molecular flexibility index (Phi) is 5.22. The first-order valence-electron chi connectivity index (χ1n) is 10.3. The molecule has 1 aromatic carbocycles. The number of aryl methyl sites for hydroxylation is 3. The maximum atomic E-state index is 13.3. The lowest BCUT2D eigenvalue weighted by Crippen LogP contribution is -2.40. The highest BCUT2D eigenvalue weighted by Gasteiger charge is 2.58. The van der Waals surface area contributed by atoms with Crippen molar-refractivity contribution in [2.45, 2.75) is 52.0 Å². The van der Waals surface area contributed by atoms with E-state index in [2.05, 4.69) is 14.9 Å². The van der Waals surface area contributed by atoms with Crippen LogP contribution in [0.25, 0.3) is 0 Å². The summed E-state index contributed by atoms with van der Waals surface area (Å²) in [6.07, 6.45) is 1.17. The molecule has 2 aliphatic rings. The van der Waals surface area contributed by atoms with E-state index >= 15 is 0 Å². The van der Waals surface area contributed by atoms with Gasteiger partial charge in [0.05, 0.1) is 11.2 Å². The van der Waals surface area contributed by atoms with Crippen molar-refractivity contribution in [1.82, 2.24) is 19.8 Å². The van der Waals surface area contributed by atoms with E-state index in [1.807, 2.05) is 36.9 Å². The minimum atomic E-state index is -3.32. The Balaban J connectivity index is 1.63. The quantitative estimate of drug-likeness (QED) is 0.776. The van der Waals surface area contributed by atoms with Gasteiger partial charge >= 0.3 is 0 Å². The molecule has 1 saturated heterocycles. The van der Waals surface area contributed by atoms with Crippen LogP contribution in [0.4, 0.5) is 0 Å². The maximum absolute atomic E-state index is 13.3. The van der Waals surface area contributed by atoms with Gasteiger partial charge in [0.2, 0.25) is 15.9 Å². The zero-order valence-corrected chi connectivity index (χ0v) is 18.6. The molecule has 1 amide bonds. The molecule has 2 fully saturated rings. The molecule has 0 radical (unpaired) electrons. The van der Waals surface area contributed by atoms with Crippen molar-refractivity contribution in [3.8, 4) is 0 Å². The maximum Gasteiger partial charge on any atom is 0.253 e. The summed E-state index contributed by atoms with van der Waals surface area (Å²) < 4.78 is 32.6. The van der Waals surface area contributed by atoms with Crippen LogP contribution in [-0.4, -0.2) is 54.2 Å². The topological polar surface area (TPSA) is 105 Å². The Morgan fingerprint density at radius 3 is 2.57 bits per heavy atom. The van der Waals surface area contributed by atoms with Crippen molar-refractivity contribution in [1.29, 1.82) is 0 Å². The standard InChI is InChI=1S/C21H28N4O4S/c1-5-30(27,28)24-18-9-17-11-25(19(26)16-7-13(2)6-14(3)8-16)12-21(17,10-18)20-22-15(4)23-29-20/h6-8,17-18,24H,5,9-12H2,1-4H3/t17?,18-,21+/m1/s1. The summed E-state index contributed by atoms with van der Waals surface area (Å²) in [5.74, 6) is 1.11. The number of amides is 1. The van der Waals surface area contributed by atoms with Crippen LogP contribution in [0.5, 0.6) is 0 Å². The second kappa shape index (κ2) is 7.46. The number of fused-ring (bicyclic) bond motifs is 1. The number of benzene rings is 1. The number of carbonyl (C=O) groups excluding carboxylic acids is 1. The highest BCUT2D eigenvalue weighted by Crippen LogP contribution is 2.50. The molecule has 3 atom stereocenters. The summed E-state index contributed by atoms with van der Waals surface area (Å²) in [5, 5.41) is 3.96. The van der Waals surface area contributed by atoms with Crippen molar-refractivity contribution in [2.24, 2.45) is 5.92 Å². The normalized spacial score (nSPS) is 26.2. The number of aromatic nitrogens is 2. The van der Waals surface area contributed by atoms with E-state index in [-0.39, 0.29) is 23.6 Å². The first-order chi connectivity index (χ1) is 14.1. The SMILES string of the molecule is CCS(=O)(=O)N[C@@H]1CC2CN(C(=O)c3cc(C)cc(C)c3)C[C@@]2(c2nc(C)no2)C1. The summed E-state index contributed by atoms with van der Waals surface area (Å²) in [5.41, 5.74) is 2.24. The van der Waals surface area contributed by atoms with E-state index in [9.17, 15) is 13.2 Å². The van der Waals surface area contributed by atoms with Crippen LogP contribution in [-0.2, 0) is 15.4 Å². The monoisotopic (exact) mass is 432 g/mol. The summed E-state index contributed by atoms with van der Waals surface area (Å²) in [6, 6.07) is 5.66. The number of hydrogen-bond acceptors (Lipinski definition) is 6. The van der Waals surface area contributed by atoms with Gasteiger partial charge in [0.25, 0.3) is 5.91 Å². The third-order valence-electron chi connectivity index (χ3n) is 6.31. The fraction of sp³-hybridized carbons (Fsp3) is 0.571. The van der Waals surface area contributed by atoms with Crippen LogP contribution in [0.3, 0.4) is 0 Å². The van der Waals surface area contributed by atoms with Gasteiger partial charge in [-0.25, -0.2) is 13.1 Å². The molecule has 1 aliphatic carbocycles. The molecule has 8 nitrogen and oxygen atoms in total. The number of likely N-dealkylation sites (tertiary alicyclic amines) is 1. The lowest BCUT2D eigenvalue weighted by Gasteiger charge is -2.25.